The van der Waals surface area contributed by atoms with Gasteiger partial charge >= 0.3 is 0 Å². The van der Waals surface area contributed by atoms with Crippen LogP contribution < -0.4 is 11.1 Å². The average molecular weight is 224 g/mol. The van der Waals surface area contributed by atoms with Gasteiger partial charge in [-0.05, 0) is 44.6 Å². The van der Waals surface area contributed by atoms with Crippen LogP contribution in [0.2, 0.25) is 0 Å². The minimum Gasteiger partial charge on any atom is -0.368 e. The van der Waals surface area contributed by atoms with Crippen LogP contribution in [0.3, 0.4) is 0 Å². The first kappa shape index (κ1) is 13.2. The number of primary amides is 1. The zero-order valence-electron chi connectivity index (χ0n) is 10.5. The second-order valence-electron chi connectivity index (χ2n) is 4.68. The molecule has 0 spiro atoms. The van der Waals surface area contributed by atoms with Crippen LogP contribution in [0.25, 0.3) is 0 Å². The molecule has 1 rings (SSSR count). The second-order valence-corrected chi connectivity index (χ2v) is 4.68. The van der Waals surface area contributed by atoms with Gasteiger partial charge < -0.3 is 11.1 Å². The third kappa shape index (κ3) is 3.08. The van der Waals surface area contributed by atoms with E-state index < -0.39 is 5.54 Å². The summed E-state index contributed by atoms with van der Waals surface area (Å²) in [7, 11) is 0. The molecule has 1 aliphatic carbocycles. The Balaban J connectivity index is 2.49. The molecule has 0 saturated heterocycles. The van der Waals surface area contributed by atoms with Crippen molar-refractivity contribution in [3.8, 4) is 0 Å². The Morgan fingerprint density at radius 3 is 2.56 bits per heavy atom. The van der Waals surface area contributed by atoms with Crippen LogP contribution >= 0.6 is 0 Å². The van der Waals surface area contributed by atoms with E-state index in [1.54, 1.807) is 0 Å². The number of hydrogen-bond acceptors (Lipinski definition) is 2. The lowest BCUT2D eigenvalue weighted by atomic mass is 9.89. The molecule has 0 heterocycles. The van der Waals surface area contributed by atoms with E-state index >= 15 is 0 Å². The standard InChI is InChI=1S/C13H24N2O/c1-3-13(4-2,12(14)16)15-10-11-8-6-5-7-9-11/h5-6,11,15H,3-4,7-10H2,1-2H3,(H2,14,16)/t11-/m1/s1. The topological polar surface area (TPSA) is 55.1 Å². The highest BCUT2D eigenvalue weighted by atomic mass is 16.1. The van der Waals surface area contributed by atoms with Crippen molar-refractivity contribution in [1.29, 1.82) is 0 Å². The monoisotopic (exact) mass is 224 g/mol. The summed E-state index contributed by atoms with van der Waals surface area (Å²) in [6.45, 7) is 4.93. The molecule has 0 aliphatic heterocycles. The zero-order valence-corrected chi connectivity index (χ0v) is 10.5. The van der Waals surface area contributed by atoms with E-state index in [-0.39, 0.29) is 5.91 Å². The molecule has 0 unspecified atom stereocenters. The Hall–Kier alpha value is -0.830. The molecule has 1 aliphatic rings. The molecule has 3 heteroatoms. The van der Waals surface area contributed by atoms with Crippen LogP contribution in [0, 0.1) is 5.92 Å². The SMILES string of the molecule is CCC(CC)(NC[C@@H]1CC=CCC1)C(N)=O. The maximum atomic E-state index is 11.5. The van der Waals surface area contributed by atoms with Crippen molar-refractivity contribution in [2.75, 3.05) is 6.54 Å². The Morgan fingerprint density at radius 1 is 1.44 bits per heavy atom. The fourth-order valence-electron chi connectivity index (χ4n) is 2.32. The lowest BCUT2D eigenvalue weighted by Gasteiger charge is -2.32. The maximum absolute atomic E-state index is 11.5. The smallest absolute Gasteiger partial charge is 0.237 e. The van der Waals surface area contributed by atoms with Gasteiger partial charge in [0.1, 0.15) is 0 Å². The number of amides is 1. The zero-order chi connectivity index (χ0) is 12.0. The summed E-state index contributed by atoms with van der Waals surface area (Å²) in [6.07, 6.45) is 9.50. The number of carbonyl (C=O) groups excluding carboxylic acids is 1. The number of allylic oxidation sites excluding steroid dienone is 2. The lowest BCUT2D eigenvalue weighted by Crippen LogP contribution is -2.55. The van der Waals surface area contributed by atoms with Gasteiger partial charge in [-0.2, -0.15) is 0 Å². The molecule has 0 saturated carbocycles. The highest BCUT2D eigenvalue weighted by Crippen LogP contribution is 2.20. The van der Waals surface area contributed by atoms with Gasteiger partial charge in [-0.25, -0.2) is 0 Å². The Labute approximate surface area is 98.5 Å². The van der Waals surface area contributed by atoms with Gasteiger partial charge in [-0.1, -0.05) is 26.0 Å². The van der Waals surface area contributed by atoms with E-state index in [1.165, 1.54) is 6.42 Å². The molecule has 16 heavy (non-hydrogen) atoms. The molecule has 0 aromatic rings. The molecule has 0 aromatic heterocycles. The van der Waals surface area contributed by atoms with Crippen molar-refractivity contribution in [3.05, 3.63) is 12.2 Å². The van der Waals surface area contributed by atoms with Crippen molar-refractivity contribution in [2.24, 2.45) is 11.7 Å². The summed E-state index contributed by atoms with van der Waals surface area (Å²) >= 11 is 0. The minimum atomic E-state index is -0.499. The molecule has 0 fully saturated rings. The summed E-state index contributed by atoms with van der Waals surface area (Å²) in [5, 5.41) is 3.39. The fraction of sp³-hybridized carbons (Fsp3) is 0.769. The Morgan fingerprint density at radius 2 is 2.12 bits per heavy atom. The first-order chi connectivity index (χ1) is 7.64. The number of nitrogens with one attached hydrogen (secondary N) is 1. The summed E-state index contributed by atoms with van der Waals surface area (Å²) < 4.78 is 0. The molecule has 0 bridgehead atoms. The van der Waals surface area contributed by atoms with Crippen molar-refractivity contribution in [1.82, 2.24) is 5.32 Å². The van der Waals surface area contributed by atoms with E-state index in [9.17, 15) is 4.79 Å². The Bertz CT molecular complexity index is 257. The summed E-state index contributed by atoms with van der Waals surface area (Å²) in [6, 6.07) is 0. The van der Waals surface area contributed by atoms with Gasteiger partial charge in [0.25, 0.3) is 0 Å². The van der Waals surface area contributed by atoms with Crippen LogP contribution in [0.4, 0.5) is 0 Å². The fourth-order valence-corrected chi connectivity index (χ4v) is 2.32. The first-order valence-corrected chi connectivity index (χ1v) is 6.34. The molecule has 1 amide bonds. The molecule has 92 valence electrons. The van der Waals surface area contributed by atoms with Gasteiger partial charge in [-0.15, -0.1) is 0 Å². The van der Waals surface area contributed by atoms with Crippen molar-refractivity contribution in [3.63, 3.8) is 0 Å². The van der Waals surface area contributed by atoms with Crippen molar-refractivity contribution in [2.45, 2.75) is 51.5 Å². The Kier molecular flexibility index (Phi) is 5.00. The molecule has 1 atom stereocenters. The van der Waals surface area contributed by atoms with Crippen molar-refractivity contribution < 1.29 is 4.79 Å². The van der Waals surface area contributed by atoms with E-state index in [4.69, 9.17) is 5.73 Å². The first-order valence-electron chi connectivity index (χ1n) is 6.34. The maximum Gasteiger partial charge on any atom is 0.237 e. The largest absolute Gasteiger partial charge is 0.368 e. The van der Waals surface area contributed by atoms with E-state index in [0.29, 0.717) is 5.92 Å². The highest BCUT2D eigenvalue weighted by molar-refractivity contribution is 5.84. The summed E-state index contributed by atoms with van der Waals surface area (Å²) in [4.78, 5) is 11.5. The lowest BCUT2D eigenvalue weighted by molar-refractivity contribution is -0.124. The van der Waals surface area contributed by atoms with Crippen LogP contribution in [-0.2, 0) is 4.79 Å². The van der Waals surface area contributed by atoms with E-state index in [0.717, 1.165) is 32.2 Å². The van der Waals surface area contributed by atoms with Gasteiger partial charge in [-0.3, -0.25) is 4.79 Å². The van der Waals surface area contributed by atoms with Gasteiger partial charge in [0.05, 0.1) is 5.54 Å². The van der Waals surface area contributed by atoms with E-state index in [2.05, 4.69) is 17.5 Å². The van der Waals surface area contributed by atoms with Gasteiger partial charge in [0.15, 0.2) is 0 Å². The van der Waals surface area contributed by atoms with Crippen LogP contribution in [0.5, 0.6) is 0 Å². The third-order valence-corrected chi connectivity index (χ3v) is 3.79. The summed E-state index contributed by atoms with van der Waals surface area (Å²) in [5.41, 5.74) is 4.99. The highest BCUT2D eigenvalue weighted by Gasteiger charge is 2.32. The summed E-state index contributed by atoms with van der Waals surface area (Å²) in [5.74, 6) is 0.436. The average Bonchev–Trinajstić information content (AvgIpc) is 2.32. The number of hydrogen-bond donors (Lipinski definition) is 2. The van der Waals surface area contributed by atoms with Crippen LogP contribution in [-0.4, -0.2) is 18.0 Å². The number of carbonyl (C=O) groups is 1. The molecule has 0 radical (unpaired) electrons. The van der Waals surface area contributed by atoms with Crippen LogP contribution in [0.1, 0.15) is 46.0 Å². The quantitative estimate of drug-likeness (QED) is 0.678. The van der Waals surface area contributed by atoms with Gasteiger partial charge in [0.2, 0.25) is 5.91 Å². The molecular formula is C13H24N2O. The van der Waals surface area contributed by atoms with Gasteiger partial charge in [0, 0.05) is 0 Å². The predicted molar refractivity (Wildman–Crippen MR) is 67.0 cm³/mol. The third-order valence-electron chi connectivity index (χ3n) is 3.79. The number of rotatable bonds is 6. The predicted octanol–water partition coefficient (Wildman–Crippen LogP) is 1.98. The van der Waals surface area contributed by atoms with Crippen molar-refractivity contribution >= 4 is 5.91 Å². The molecule has 3 nitrogen and oxygen atoms in total. The number of nitrogens with two attached hydrogens (primary N) is 1. The molecular weight excluding hydrogens is 200 g/mol. The molecule has 0 aromatic carbocycles. The minimum absolute atomic E-state index is 0.219. The normalized spacial score (nSPS) is 21.0. The molecule has 3 N–H and O–H groups in total. The second kappa shape index (κ2) is 6.04. The van der Waals surface area contributed by atoms with Crippen LogP contribution in [0.15, 0.2) is 12.2 Å². The van der Waals surface area contributed by atoms with E-state index in [1.807, 2.05) is 13.8 Å².